The molecule has 10 atom stereocenters. The molecular weight excluding hydrogens is 1570 g/mol. The summed E-state index contributed by atoms with van der Waals surface area (Å²) >= 11 is 0. The van der Waals surface area contributed by atoms with E-state index in [0.717, 1.165) is 72.3 Å². The summed E-state index contributed by atoms with van der Waals surface area (Å²) in [6, 6.07) is 7.25. The van der Waals surface area contributed by atoms with Crippen molar-refractivity contribution in [3.8, 4) is 11.3 Å². The molecule has 5 N–H and O–H groups in total. The average molecular weight is 1720 g/mol. The molecule has 5 amide bonds. The third-order valence-corrected chi connectivity index (χ3v) is 25.5. The number of amides is 5. The molecule has 5 aliphatic rings. The first-order valence-electron chi connectivity index (χ1n) is 45.1. The molecule has 1 aliphatic heterocycles. The number of carbonyl (C=O) groups is 6. The van der Waals surface area contributed by atoms with Crippen LogP contribution in [-0.4, -0.2) is 277 Å². The van der Waals surface area contributed by atoms with Crippen LogP contribution in [0.15, 0.2) is 42.7 Å². The van der Waals surface area contributed by atoms with Crippen molar-refractivity contribution in [2.45, 2.75) is 214 Å². The van der Waals surface area contributed by atoms with Crippen molar-refractivity contribution in [1.82, 2.24) is 55.5 Å². The van der Waals surface area contributed by atoms with E-state index in [1.165, 1.54) is 80.8 Å². The Morgan fingerprint density at radius 2 is 1.14 bits per heavy atom. The van der Waals surface area contributed by atoms with E-state index in [9.17, 15) is 33.2 Å². The van der Waals surface area contributed by atoms with Gasteiger partial charge in [-0.1, -0.05) is 92.7 Å². The van der Waals surface area contributed by atoms with Gasteiger partial charge in [0.2, 0.25) is 11.8 Å². The van der Waals surface area contributed by atoms with E-state index >= 15 is 0 Å². The lowest BCUT2D eigenvalue weighted by Gasteiger charge is -2.61. The zero-order valence-corrected chi connectivity index (χ0v) is 74.8. The number of piperazine rings is 1. The largest absolute Gasteiger partial charge is 0.462 e. The number of nitrogens with zero attached hydrogens (tertiary/aromatic N) is 8. The number of esters is 1. The molecule has 1 saturated heterocycles. The third kappa shape index (κ3) is 31.1. The van der Waals surface area contributed by atoms with Crippen LogP contribution in [0.4, 0.5) is 4.39 Å². The van der Waals surface area contributed by atoms with Crippen LogP contribution in [-0.2, 0) is 92.7 Å². The normalized spacial score (nSPS) is 21.9. The van der Waals surface area contributed by atoms with Gasteiger partial charge in [-0.25, -0.2) is 24.4 Å². The van der Waals surface area contributed by atoms with Crippen LogP contribution in [0.3, 0.4) is 0 Å². The van der Waals surface area contributed by atoms with Crippen molar-refractivity contribution < 1.29 is 94.7 Å². The number of ether oxygens (including phenoxy) is 13. The van der Waals surface area contributed by atoms with E-state index in [1.54, 1.807) is 32.6 Å². The van der Waals surface area contributed by atoms with Gasteiger partial charge in [0.25, 0.3) is 17.7 Å². The number of hydrogen-bond donors (Lipinski definition) is 4. The van der Waals surface area contributed by atoms with Crippen molar-refractivity contribution in [2.24, 2.45) is 58.1 Å². The first-order valence-corrected chi connectivity index (χ1v) is 45.1. The standard InChI is InChI=1S/C90H145FN12O19/c1-65(2)15-14-16-66(3)72-25-26-73-71-24-21-68-59-70(27-30-89(68,9)74(71)28-31-90(72,73)10)122-82(106)18-13-11-12-17-76(84(107)96-92)94-80(104)29-35-110-37-39-112-41-43-114-45-47-116-49-51-118-53-55-120-57-58-121-56-54-119-52-50-117-48-46-115-44-42-113-40-38-111-36-32-93-81(105)63-101-61-79(97-99-101)85(108)100-33-34-102(88(7,8)64-100)86(109)78-62-103-83(95-78)75(87(4,5)6)60-77(98-103)67-19-22-69(91)23-20-67/h19-20,22-23,60-62,65-66,68,70-74,76H,11-18,21,24-59,63-64,92H2,1-10H3,(H,93,105)(H,94,104)(H,96,107)/t66-,68-,70+,71+,72-,73+,74?,76+,89+,90-/m1/s1. The highest BCUT2D eigenvalue weighted by Crippen LogP contribution is 2.68. The number of hydrogen-bond acceptors (Lipinski definition) is 24. The number of benzene rings is 1. The molecular formula is C90H145FN12O19. The molecule has 31 nitrogen and oxygen atoms in total. The van der Waals surface area contributed by atoms with Gasteiger partial charge in [0.05, 0.1) is 182 Å². The van der Waals surface area contributed by atoms with Gasteiger partial charge in [-0.15, -0.1) is 5.10 Å². The molecule has 1 unspecified atom stereocenters. The molecule has 1 aromatic carbocycles. The molecule has 686 valence electrons. The second-order valence-corrected chi connectivity index (χ2v) is 36.1. The van der Waals surface area contributed by atoms with Gasteiger partial charge in [-0.05, 0) is 172 Å². The Bertz CT molecular complexity index is 3790. The zero-order valence-electron chi connectivity index (χ0n) is 74.8. The fourth-order valence-corrected chi connectivity index (χ4v) is 19.0. The molecule has 0 radical (unpaired) electrons. The zero-order chi connectivity index (χ0) is 87.3. The number of carbonyl (C=O) groups excluding carboxylic acids is 6. The van der Waals surface area contributed by atoms with E-state index in [1.807, 2.05) is 19.9 Å². The van der Waals surface area contributed by atoms with Gasteiger partial charge in [0.1, 0.15) is 30.2 Å². The number of rotatable bonds is 58. The Hall–Kier alpha value is -6.79. The van der Waals surface area contributed by atoms with Gasteiger partial charge in [-0.2, -0.15) is 5.10 Å². The SMILES string of the molecule is CC(C)CCC[C@@H](C)[C@H]1CC[C@H]2[C@@H]3CC[C@@H]4C[C@@H](OC(=O)CCCCC[C@H](NC(=O)CCOCCOCCOCCOCCOCCOCCOCCOCCOCCOCCOCCOCCNC(=O)Cn5cc(C(=O)N6CCN(C(=O)c7cn8nc(-c9ccc(F)cc9)cc(C(C)(C)C)c8n7)C(C)(C)C6)nn5)C(=O)NN)CC[C@]4(C)C3CC[C@]12C. The number of aromatic nitrogens is 6. The number of hydrazine groups is 1. The minimum absolute atomic E-state index is 0.00239. The second kappa shape index (κ2) is 51.1. The maximum atomic E-state index is 14.1. The molecule has 122 heavy (non-hydrogen) atoms. The van der Waals surface area contributed by atoms with Gasteiger partial charge >= 0.3 is 5.97 Å². The highest BCUT2D eigenvalue weighted by atomic mass is 19.1. The predicted octanol–water partition coefficient (Wildman–Crippen LogP) is 9.97. The Balaban J connectivity index is 0.463. The van der Waals surface area contributed by atoms with Gasteiger partial charge in [0.15, 0.2) is 11.3 Å². The van der Waals surface area contributed by atoms with Crippen LogP contribution < -0.4 is 21.9 Å². The van der Waals surface area contributed by atoms with Crippen molar-refractivity contribution in [3.63, 3.8) is 0 Å². The monoisotopic (exact) mass is 1720 g/mol. The smallest absolute Gasteiger partial charge is 0.306 e. The van der Waals surface area contributed by atoms with Gasteiger partial charge < -0.3 is 82.0 Å². The number of nitrogens with one attached hydrogen (secondary N) is 3. The predicted molar refractivity (Wildman–Crippen MR) is 456 cm³/mol. The van der Waals surface area contributed by atoms with Gasteiger partial charge in [0, 0.05) is 50.1 Å². The average Bonchev–Trinajstić information content (AvgIpc) is 1.43. The molecule has 0 spiro atoms. The van der Waals surface area contributed by atoms with Crippen LogP contribution in [0.2, 0.25) is 0 Å². The summed E-state index contributed by atoms with van der Waals surface area (Å²) < 4.78 is 89.7. The molecule has 5 fully saturated rings. The summed E-state index contributed by atoms with van der Waals surface area (Å²) in [7, 11) is 0. The maximum Gasteiger partial charge on any atom is 0.306 e. The Morgan fingerprint density at radius 3 is 1.70 bits per heavy atom. The molecule has 4 aromatic rings. The first-order chi connectivity index (χ1) is 58.8. The lowest BCUT2D eigenvalue weighted by atomic mass is 9.44. The Morgan fingerprint density at radius 1 is 0.582 bits per heavy atom. The molecule has 4 heterocycles. The fourth-order valence-electron chi connectivity index (χ4n) is 19.0. The van der Waals surface area contributed by atoms with Crippen molar-refractivity contribution in [1.29, 1.82) is 0 Å². The Kier molecular flexibility index (Phi) is 41.5. The summed E-state index contributed by atoms with van der Waals surface area (Å²) in [5.41, 5.74) is 4.96. The summed E-state index contributed by atoms with van der Waals surface area (Å²) in [6.07, 6.45) is 21.3. The maximum absolute atomic E-state index is 14.1. The number of imidazole rings is 1. The third-order valence-electron chi connectivity index (χ3n) is 25.5. The Labute approximate surface area is 722 Å². The highest BCUT2D eigenvalue weighted by Gasteiger charge is 2.61. The van der Waals surface area contributed by atoms with Crippen LogP contribution in [0, 0.1) is 58.1 Å². The molecule has 9 rings (SSSR count). The number of unbranched alkanes of at least 4 members (excludes halogenated alkanes) is 2. The number of nitrogens with two attached hydrogens (primary N) is 1. The van der Waals surface area contributed by atoms with Crippen LogP contribution in [0.25, 0.3) is 16.9 Å². The summed E-state index contributed by atoms with van der Waals surface area (Å²) in [6.45, 7) is 32.7. The minimum atomic E-state index is -0.778. The molecule has 3 aromatic heterocycles. The van der Waals surface area contributed by atoms with Crippen LogP contribution in [0.1, 0.15) is 211 Å². The summed E-state index contributed by atoms with van der Waals surface area (Å²) in [4.78, 5) is 87.0. The summed E-state index contributed by atoms with van der Waals surface area (Å²) in [5, 5.41) is 18.4. The molecule has 32 heteroatoms. The van der Waals surface area contributed by atoms with Crippen molar-refractivity contribution in [2.75, 3.05) is 185 Å². The van der Waals surface area contributed by atoms with Crippen LogP contribution >= 0.6 is 0 Å². The topological polar surface area (TPSA) is 352 Å². The van der Waals surface area contributed by atoms with E-state index in [-0.39, 0.29) is 111 Å². The summed E-state index contributed by atoms with van der Waals surface area (Å²) in [5.74, 6) is 8.86. The van der Waals surface area contributed by atoms with E-state index in [2.05, 4.69) is 81.8 Å². The van der Waals surface area contributed by atoms with Crippen molar-refractivity contribution >= 4 is 41.2 Å². The minimum Gasteiger partial charge on any atom is -0.462 e. The first kappa shape index (κ1) is 99.0. The van der Waals surface area contributed by atoms with Crippen molar-refractivity contribution in [3.05, 3.63) is 65.5 Å². The molecule has 4 aliphatic carbocycles. The molecule has 4 saturated carbocycles. The van der Waals surface area contributed by atoms with E-state index in [4.69, 9.17) is 77.5 Å². The lowest BCUT2D eigenvalue weighted by molar-refractivity contribution is -0.163. The highest BCUT2D eigenvalue weighted by molar-refractivity contribution is 5.95. The van der Waals surface area contributed by atoms with Crippen LogP contribution in [0.5, 0.6) is 0 Å². The molecule has 0 bridgehead atoms. The van der Waals surface area contributed by atoms with Gasteiger partial charge in [-0.3, -0.25) is 34.2 Å². The fraction of sp³-hybridized carbons (Fsp3) is 0.778. The second-order valence-electron chi connectivity index (χ2n) is 36.1. The number of halogens is 1. The van der Waals surface area contributed by atoms with E-state index < -0.39 is 17.5 Å². The quantitative estimate of drug-likeness (QED) is 0.0105. The van der Waals surface area contributed by atoms with E-state index in [0.29, 0.717) is 199 Å². The lowest BCUT2D eigenvalue weighted by Crippen LogP contribution is -2.62. The number of fused-ring (bicyclic) bond motifs is 6.